The van der Waals surface area contributed by atoms with E-state index < -0.39 is 6.04 Å². The third kappa shape index (κ3) is 8.29. The second kappa shape index (κ2) is 13.1. The molecule has 1 atom stereocenters. The van der Waals surface area contributed by atoms with E-state index in [0.717, 1.165) is 16.9 Å². The largest absolute Gasteiger partial charge is 0.352 e. The Balaban J connectivity index is 1.84. The normalized spacial score (nSPS) is 11.8. The highest BCUT2D eigenvalue weighted by atomic mass is 32.2. The van der Waals surface area contributed by atoms with Gasteiger partial charge in [-0.2, -0.15) is 0 Å². The van der Waals surface area contributed by atoms with Gasteiger partial charge in [0, 0.05) is 24.8 Å². The summed E-state index contributed by atoms with van der Waals surface area (Å²) in [6, 6.07) is 25.7. The second-order valence-electron chi connectivity index (χ2n) is 9.30. The van der Waals surface area contributed by atoms with Gasteiger partial charge in [-0.15, -0.1) is 11.8 Å². The molecule has 4 nitrogen and oxygen atoms in total. The zero-order valence-corrected chi connectivity index (χ0v) is 22.0. The molecule has 3 aromatic rings. The summed E-state index contributed by atoms with van der Waals surface area (Å²) in [6.07, 6.45) is 0.472. The van der Waals surface area contributed by atoms with E-state index in [2.05, 4.69) is 24.4 Å². The number of aryl methyl sites for hydroxylation is 2. The first-order chi connectivity index (χ1) is 16.8. The third-order valence-corrected chi connectivity index (χ3v) is 6.89. The maximum absolute atomic E-state index is 13.6. The molecule has 0 aliphatic heterocycles. The number of rotatable bonds is 11. The average molecular weight is 489 g/mol. The molecule has 35 heavy (non-hydrogen) atoms. The minimum absolute atomic E-state index is 0.00692. The van der Waals surface area contributed by atoms with E-state index >= 15 is 0 Å². The predicted molar refractivity (Wildman–Crippen MR) is 146 cm³/mol. The molecule has 0 fully saturated rings. The van der Waals surface area contributed by atoms with E-state index in [1.165, 1.54) is 16.7 Å². The number of amides is 2. The second-order valence-corrected chi connectivity index (χ2v) is 10.3. The molecule has 0 aliphatic rings. The SMILES string of the molecule is Cc1ccc(CN(C(=O)CSCc2ccccc2C)C(Cc2ccccc2)C(=O)NC(C)C)cc1. The summed E-state index contributed by atoms with van der Waals surface area (Å²) in [6.45, 7) is 8.42. The maximum Gasteiger partial charge on any atom is 0.243 e. The van der Waals surface area contributed by atoms with Crippen LogP contribution in [0.15, 0.2) is 78.9 Å². The molecule has 184 valence electrons. The summed E-state index contributed by atoms with van der Waals surface area (Å²) >= 11 is 1.60. The molecule has 0 radical (unpaired) electrons. The molecule has 0 bridgehead atoms. The van der Waals surface area contributed by atoms with E-state index in [1.807, 2.05) is 87.5 Å². The van der Waals surface area contributed by atoms with Crippen LogP contribution in [0, 0.1) is 13.8 Å². The van der Waals surface area contributed by atoms with Crippen molar-refractivity contribution in [3.63, 3.8) is 0 Å². The Morgan fingerprint density at radius 1 is 0.857 bits per heavy atom. The molecule has 0 saturated heterocycles. The van der Waals surface area contributed by atoms with Crippen LogP contribution in [-0.4, -0.2) is 34.6 Å². The minimum atomic E-state index is -0.590. The highest BCUT2D eigenvalue weighted by Crippen LogP contribution is 2.20. The Bertz CT molecular complexity index is 1100. The molecule has 0 aliphatic carbocycles. The Morgan fingerprint density at radius 3 is 2.17 bits per heavy atom. The topological polar surface area (TPSA) is 49.4 Å². The van der Waals surface area contributed by atoms with Crippen LogP contribution in [0.25, 0.3) is 0 Å². The van der Waals surface area contributed by atoms with Gasteiger partial charge in [0.1, 0.15) is 6.04 Å². The number of benzene rings is 3. The van der Waals surface area contributed by atoms with Gasteiger partial charge in [0.05, 0.1) is 5.75 Å². The molecule has 5 heteroatoms. The van der Waals surface area contributed by atoms with E-state index in [-0.39, 0.29) is 17.9 Å². The quantitative estimate of drug-likeness (QED) is 0.377. The molecule has 3 rings (SSSR count). The first-order valence-electron chi connectivity index (χ1n) is 12.1. The Hall–Kier alpha value is -3.05. The number of nitrogens with one attached hydrogen (secondary N) is 1. The number of carbonyl (C=O) groups excluding carboxylic acids is 2. The molecule has 0 saturated carbocycles. The zero-order chi connectivity index (χ0) is 25.2. The first kappa shape index (κ1) is 26.6. The van der Waals surface area contributed by atoms with Crippen molar-refractivity contribution in [1.82, 2.24) is 10.2 Å². The zero-order valence-electron chi connectivity index (χ0n) is 21.2. The van der Waals surface area contributed by atoms with Gasteiger partial charge in [-0.3, -0.25) is 9.59 Å². The van der Waals surface area contributed by atoms with Crippen molar-refractivity contribution in [3.8, 4) is 0 Å². The van der Waals surface area contributed by atoms with E-state index in [0.29, 0.717) is 18.7 Å². The fourth-order valence-corrected chi connectivity index (χ4v) is 4.91. The van der Waals surface area contributed by atoms with Crippen LogP contribution < -0.4 is 5.32 Å². The van der Waals surface area contributed by atoms with Gasteiger partial charge in [0.15, 0.2) is 0 Å². The summed E-state index contributed by atoms with van der Waals surface area (Å²) in [5.74, 6) is 0.941. The summed E-state index contributed by atoms with van der Waals surface area (Å²) in [4.78, 5) is 28.8. The van der Waals surface area contributed by atoms with Crippen molar-refractivity contribution in [2.75, 3.05) is 5.75 Å². The van der Waals surface area contributed by atoms with E-state index in [1.54, 1.807) is 16.7 Å². The van der Waals surface area contributed by atoms with E-state index in [4.69, 9.17) is 0 Å². The van der Waals surface area contributed by atoms with Gasteiger partial charge in [-0.05, 0) is 49.9 Å². The monoisotopic (exact) mass is 488 g/mol. The molecule has 0 heterocycles. The van der Waals surface area contributed by atoms with Crippen molar-refractivity contribution < 1.29 is 9.59 Å². The van der Waals surface area contributed by atoms with Crippen LogP contribution in [0.2, 0.25) is 0 Å². The minimum Gasteiger partial charge on any atom is -0.352 e. The van der Waals surface area contributed by atoms with Gasteiger partial charge in [0.2, 0.25) is 11.8 Å². The average Bonchev–Trinajstić information content (AvgIpc) is 2.84. The van der Waals surface area contributed by atoms with Crippen LogP contribution in [0.4, 0.5) is 0 Å². The van der Waals surface area contributed by atoms with Crippen molar-refractivity contribution in [2.24, 2.45) is 0 Å². The maximum atomic E-state index is 13.6. The van der Waals surface area contributed by atoms with Crippen LogP contribution in [0.1, 0.15) is 41.7 Å². The van der Waals surface area contributed by atoms with Crippen LogP contribution >= 0.6 is 11.8 Å². The van der Waals surface area contributed by atoms with E-state index in [9.17, 15) is 9.59 Å². The molecule has 2 amide bonds. The van der Waals surface area contributed by atoms with Gasteiger partial charge in [-0.25, -0.2) is 0 Å². The van der Waals surface area contributed by atoms with Crippen LogP contribution in [0.3, 0.4) is 0 Å². The summed E-state index contributed by atoms with van der Waals surface area (Å²) in [5, 5.41) is 3.04. The van der Waals surface area contributed by atoms with Crippen molar-refractivity contribution in [2.45, 2.75) is 58.5 Å². The van der Waals surface area contributed by atoms with Crippen molar-refractivity contribution in [1.29, 1.82) is 0 Å². The van der Waals surface area contributed by atoms with Crippen molar-refractivity contribution in [3.05, 3.63) is 107 Å². The van der Waals surface area contributed by atoms with Crippen LogP contribution in [0.5, 0.6) is 0 Å². The molecule has 1 N–H and O–H groups in total. The fourth-order valence-electron chi connectivity index (χ4n) is 3.93. The number of hydrogen-bond acceptors (Lipinski definition) is 3. The number of thioether (sulfide) groups is 1. The highest BCUT2D eigenvalue weighted by Gasteiger charge is 2.30. The molecular formula is C30H36N2O2S. The fraction of sp³-hybridized carbons (Fsp3) is 0.333. The molecule has 0 aromatic heterocycles. The molecule has 3 aromatic carbocycles. The Kier molecular flexibility index (Phi) is 9.98. The lowest BCUT2D eigenvalue weighted by molar-refractivity contribution is -0.139. The molecule has 1 unspecified atom stereocenters. The summed E-state index contributed by atoms with van der Waals surface area (Å²) in [5.41, 5.74) is 5.67. The third-order valence-electron chi connectivity index (χ3n) is 5.92. The predicted octanol–water partition coefficient (Wildman–Crippen LogP) is 5.70. The first-order valence-corrected chi connectivity index (χ1v) is 13.3. The van der Waals surface area contributed by atoms with Crippen LogP contribution in [-0.2, 0) is 28.3 Å². The lowest BCUT2D eigenvalue weighted by Crippen LogP contribution is -2.52. The molecule has 0 spiro atoms. The van der Waals surface area contributed by atoms with Gasteiger partial charge >= 0.3 is 0 Å². The summed E-state index contributed by atoms with van der Waals surface area (Å²) < 4.78 is 0. The lowest BCUT2D eigenvalue weighted by atomic mass is 10.0. The number of carbonyl (C=O) groups is 2. The van der Waals surface area contributed by atoms with Crippen molar-refractivity contribution >= 4 is 23.6 Å². The van der Waals surface area contributed by atoms with Gasteiger partial charge in [-0.1, -0.05) is 84.4 Å². The number of hydrogen-bond donors (Lipinski definition) is 1. The lowest BCUT2D eigenvalue weighted by Gasteiger charge is -2.32. The summed E-state index contributed by atoms with van der Waals surface area (Å²) in [7, 11) is 0. The molecular weight excluding hydrogens is 452 g/mol. The highest BCUT2D eigenvalue weighted by molar-refractivity contribution is 7.99. The smallest absolute Gasteiger partial charge is 0.243 e. The Morgan fingerprint density at radius 2 is 1.51 bits per heavy atom. The number of nitrogens with zero attached hydrogens (tertiary/aromatic N) is 1. The Labute approximate surface area is 214 Å². The van der Waals surface area contributed by atoms with Gasteiger partial charge < -0.3 is 10.2 Å². The standard InChI is InChI=1S/C30H36N2O2S/c1-22(2)31-30(34)28(18-25-11-6-5-7-12-25)32(19-26-16-14-23(3)15-17-26)29(33)21-35-20-27-13-9-8-10-24(27)4/h5-17,22,28H,18-21H2,1-4H3,(H,31,34). The van der Waals surface area contributed by atoms with Gasteiger partial charge in [0.25, 0.3) is 0 Å².